The average Bonchev–Trinajstić information content (AvgIpc) is 2.91. The van der Waals surface area contributed by atoms with E-state index in [0.717, 1.165) is 16.2 Å². The lowest BCUT2D eigenvalue weighted by atomic mass is 10.1. The minimum Gasteiger partial charge on any atom is -0.497 e. The average molecular weight is 369 g/mol. The summed E-state index contributed by atoms with van der Waals surface area (Å²) in [6, 6.07) is 11.2. The normalized spacial score (nSPS) is 16.3. The molecule has 7 heteroatoms. The molecule has 0 saturated carbocycles. The summed E-state index contributed by atoms with van der Waals surface area (Å²) < 4.78 is 16.3. The molecule has 2 aliphatic heterocycles. The van der Waals surface area contributed by atoms with Crippen molar-refractivity contribution in [3.63, 3.8) is 0 Å². The summed E-state index contributed by atoms with van der Waals surface area (Å²) in [6.45, 7) is 1.98. The third-order valence-corrected chi connectivity index (χ3v) is 4.73. The molecule has 1 N–H and O–H groups in total. The predicted molar refractivity (Wildman–Crippen MR) is 97.7 cm³/mol. The molecule has 0 radical (unpaired) electrons. The predicted octanol–water partition coefficient (Wildman–Crippen LogP) is 0.668. The third-order valence-electron chi connectivity index (χ3n) is 4.73. The number of carbonyl (C=O) groups is 2. The number of benzene rings is 2. The van der Waals surface area contributed by atoms with Crippen LogP contribution in [0.25, 0.3) is 0 Å². The highest BCUT2D eigenvalue weighted by molar-refractivity contribution is 6.52. The van der Waals surface area contributed by atoms with E-state index in [1.165, 1.54) is 4.90 Å². The Balaban J connectivity index is 1.53. The number of ketones is 1. The maximum atomic E-state index is 12.5. The van der Waals surface area contributed by atoms with E-state index in [1.54, 1.807) is 19.2 Å². The van der Waals surface area contributed by atoms with E-state index in [4.69, 9.17) is 14.2 Å². The quantitative estimate of drug-likeness (QED) is 0.785. The molecular weight excluding hydrogens is 348 g/mol. The molecule has 140 valence electrons. The van der Waals surface area contributed by atoms with Gasteiger partial charge in [-0.25, -0.2) is 0 Å². The van der Waals surface area contributed by atoms with E-state index in [0.29, 0.717) is 49.2 Å². The zero-order chi connectivity index (χ0) is 19.0. The molecule has 2 heterocycles. The highest BCUT2D eigenvalue weighted by Gasteiger charge is 2.39. The zero-order valence-corrected chi connectivity index (χ0v) is 15.3. The second-order valence-corrected chi connectivity index (χ2v) is 6.72. The van der Waals surface area contributed by atoms with Gasteiger partial charge in [0.05, 0.1) is 25.4 Å². The number of fused-ring (bicyclic) bond motifs is 2. The first-order chi connectivity index (χ1) is 13.1. The number of carbonyl (C=O) groups excluding carboxylic acids is 2. The molecule has 4 rings (SSSR count). The number of amides is 1. The van der Waals surface area contributed by atoms with Crippen LogP contribution in [0.1, 0.15) is 15.9 Å². The molecule has 2 aliphatic rings. The Hall–Kier alpha value is -3.06. The van der Waals surface area contributed by atoms with E-state index < -0.39 is 11.7 Å². The van der Waals surface area contributed by atoms with Gasteiger partial charge in [-0.1, -0.05) is 0 Å². The van der Waals surface area contributed by atoms with Gasteiger partial charge in [-0.2, -0.15) is 0 Å². The van der Waals surface area contributed by atoms with Crippen LogP contribution >= 0.6 is 0 Å². The maximum absolute atomic E-state index is 12.5. The number of nitrogens with one attached hydrogen (secondary N) is 1. The van der Waals surface area contributed by atoms with Crippen LogP contribution < -0.4 is 24.0 Å². The zero-order valence-electron chi connectivity index (χ0n) is 15.3. The Morgan fingerprint density at radius 1 is 1.07 bits per heavy atom. The largest absolute Gasteiger partial charge is 0.497 e. The van der Waals surface area contributed by atoms with Gasteiger partial charge < -0.3 is 19.1 Å². The number of nitrogens with zero attached hydrogens (tertiary/aromatic N) is 1. The monoisotopic (exact) mass is 369 g/mol. The van der Waals surface area contributed by atoms with Crippen LogP contribution in [0.5, 0.6) is 17.2 Å². The van der Waals surface area contributed by atoms with Crippen molar-refractivity contribution >= 4 is 17.4 Å². The van der Waals surface area contributed by atoms with Crippen molar-refractivity contribution in [1.29, 1.82) is 0 Å². The molecule has 2 aromatic rings. The lowest BCUT2D eigenvalue weighted by Crippen LogP contribution is -3.09. The molecule has 0 bridgehead atoms. The summed E-state index contributed by atoms with van der Waals surface area (Å²) in [7, 11) is 3.62. The van der Waals surface area contributed by atoms with Crippen LogP contribution in [0, 0.1) is 0 Å². The molecule has 1 atom stereocenters. The molecule has 0 aliphatic carbocycles. The molecule has 2 aromatic carbocycles. The first kappa shape index (κ1) is 17.4. The number of hydrogen-bond donors (Lipinski definition) is 1. The van der Waals surface area contributed by atoms with Gasteiger partial charge >= 0.3 is 5.91 Å². The van der Waals surface area contributed by atoms with Crippen LogP contribution in [0.3, 0.4) is 0 Å². The maximum Gasteiger partial charge on any atom is 0.303 e. The first-order valence-electron chi connectivity index (χ1n) is 8.81. The number of hydrogen-bond acceptors (Lipinski definition) is 5. The van der Waals surface area contributed by atoms with Crippen molar-refractivity contribution in [2.45, 2.75) is 6.54 Å². The Bertz CT molecular complexity index is 894. The Morgan fingerprint density at radius 2 is 1.74 bits per heavy atom. The number of anilines is 1. The minimum atomic E-state index is -0.513. The molecule has 1 amide bonds. The molecule has 7 nitrogen and oxygen atoms in total. The van der Waals surface area contributed by atoms with Gasteiger partial charge in [-0.15, -0.1) is 0 Å². The summed E-state index contributed by atoms with van der Waals surface area (Å²) in [4.78, 5) is 27.5. The van der Waals surface area contributed by atoms with E-state index in [1.807, 2.05) is 31.3 Å². The standard InChI is InChI=1S/C20H20N2O5/c1-21(11-13-3-5-14(25-2)6-4-13)12-22-16-10-18-17(26-7-8-27-18)9-15(16)19(23)20(22)24/h3-6,9-10H,7-8,11-12H2,1-2H3/p+1. The third kappa shape index (κ3) is 3.21. The lowest BCUT2D eigenvalue weighted by molar-refractivity contribution is -0.892. The van der Waals surface area contributed by atoms with Crippen molar-refractivity contribution in [3.8, 4) is 17.2 Å². The van der Waals surface area contributed by atoms with E-state index >= 15 is 0 Å². The molecule has 27 heavy (non-hydrogen) atoms. The number of ether oxygens (including phenoxy) is 3. The van der Waals surface area contributed by atoms with Gasteiger partial charge in [0.1, 0.15) is 25.5 Å². The number of quaternary nitrogens is 1. The van der Waals surface area contributed by atoms with Crippen LogP contribution in [0.4, 0.5) is 5.69 Å². The number of methoxy groups -OCH3 is 1. The fraction of sp³-hybridized carbons (Fsp3) is 0.300. The van der Waals surface area contributed by atoms with Gasteiger partial charge in [-0.05, 0) is 30.3 Å². The highest BCUT2D eigenvalue weighted by atomic mass is 16.6. The van der Waals surface area contributed by atoms with E-state index in [9.17, 15) is 9.59 Å². The molecule has 0 saturated heterocycles. The van der Waals surface area contributed by atoms with Gasteiger partial charge in [0.15, 0.2) is 18.2 Å². The molecule has 0 aromatic heterocycles. The van der Waals surface area contributed by atoms with Gasteiger partial charge in [-0.3, -0.25) is 14.5 Å². The molecule has 0 spiro atoms. The SMILES string of the molecule is COc1ccc(C[NH+](C)CN2C(=O)C(=O)c3cc4c(cc32)OCCO4)cc1. The smallest absolute Gasteiger partial charge is 0.303 e. The van der Waals surface area contributed by atoms with Crippen LogP contribution in [0.15, 0.2) is 36.4 Å². The van der Waals surface area contributed by atoms with Crippen molar-refractivity contribution in [3.05, 3.63) is 47.5 Å². The number of rotatable bonds is 5. The fourth-order valence-electron chi connectivity index (χ4n) is 3.41. The Kier molecular flexibility index (Phi) is 4.45. The van der Waals surface area contributed by atoms with Crippen LogP contribution in [0.2, 0.25) is 0 Å². The molecule has 0 fully saturated rings. The van der Waals surface area contributed by atoms with Crippen molar-refractivity contribution in [2.24, 2.45) is 0 Å². The van der Waals surface area contributed by atoms with Crippen LogP contribution in [-0.2, 0) is 11.3 Å². The van der Waals surface area contributed by atoms with Crippen LogP contribution in [-0.4, -0.2) is 45.7 Å². The fourth-order valence-corrected chi connectivity index (χ4v) is 3.41. The summed E-state index contributed by atoms with van der Waals surface area (Å²) in [6.07, 6.45) is 0. The Labute approximate surface area is 157 Å². The summed E-state index contributed by atoms with van der Waals surface area (Å²) in [5.41, 5.74) is 2.08. The van der Waals surface area contributed by atoms with E-state index in [2.05, 4.69) is 0 Å². The first-order valence-corrected chi connectivity index (χ1v) is 8.81. The second-order valence-electron chi connectivity index (χ2n) is 6.72. The second kappa shape index (κ2) is 6.92. The van der Waals surface area contributed by atoms with Gasteiger partial charge in [0, 0.05) is 11.6 Å². The highest BCUT2D eigenvalue weighted by Crippen LogP contribution is 2.40. The van der Waals surface area contributed by atoms with Gasteiger partial charge in [0.25, 0.3) is 5.78 Å². The summed E-state index contributed by atoms with van der Waals surface area (Å²) >= 11 is 0. The van der Waals surface area contributed by atoms with Crippen molar-refractivity contribution in [1.82, 2.24) is 0 Å². The number of Topliss-reactive ketones (excluding diaryl/α,β-unsaturated/α-hetero) is 1. The Morgan fingerprint density at radius 3 is 2.41 bits per heavy atom. The topological polar surface area (TPSA) is 69.5 Å². The van der Waals surface area contributed by atoms with Crippen molar-refractivity contribution < 1.29 is 28.7 Å². The minimum absolute atomic E-state index is 0.376. The van der Waals surface area contributed by atoms with Gasteiger partial charge in [0.2, 0.25) is 0 Å². The summed E-state index contributed by atoms with van der Waals surface area (Å²) in [5, 5.41) is 0. The molecular formula is C20H21N2O5+. The van der Waals surface area contributed by atoms with Crippen molar-refractivity contribution in [2.75, 3.05) is 38.9 Å². The van der Waals surface area contributed by atoms with E-state index in [-0.39, 0.29) is 0 Å². The molecule has 1 unspecified atom stereocenters. The summed E-state index contributed by atoms with van der Waals surface area (Å²) in [5.74, 6) is 0.875. The lowest BCUT2D eigenvalue weighted by Gasteiger charge is -2.23.